The van der Waals surface area contributed by atoms with Gasteiger partial charge in [-0.25, -0.2) is 14.5 Å². The summed E-state index contributed by atoms with van der Waals surface area (Å²) in [5.41, 5.74) is 0. The standard InChI is InChI=1S/C11H18N4O4S/c1-3-4-15-10(12-7-13-15)6-20(19)5-9(11(17)18)14-8(2)16/h7,9H,3-6H2,1-2H3,(H,14,16)(H,17,18)/t9-,20?/m0/s1. The van der Waals surface area contributed by atoms with Crippen LogP contribution in [-0.4, -0.2) is 47.8 Å². The molecule has 0 bridgehead atoms. The highest BCUT2D eigenvalue weighted by Gasteiger charge is 2.22. The van der Waals surface area contributed by atoms with Crippen molar-refractivity contribution in [2.75, 3.05) is 5.75 Å². The molecule has 0 spiro atoms. The molecule has 2 atom stereocenters. The summed E-state index contributed by atoms with van der Waals surface area (Å²) in [5.74, 6) is -1.17. The molecule has 0 saturated heterocycles. The van der Waals surface area contributed by atoms with Crippen LogP contribution in [0.3, 0.4) is 0 Å². The molecule has 0 saturated carbocycles. The lowest BCUT2D eigenvalue weighted by Crippen LogP contribution is -2.43. The van der Waals surface area contributed by atoms with Crippen molar-refractivity contribution in [2.45, 2.75) is 38.6 Å². The minimum atomic E-state index is -1.45. The van der Waals surface area contributed by atoms with Gasteiger partial charge in [-0.05, 0) is 6.42 Å². The summed E-state index contributed by atoms with van der Waals surface area (Å²) in [5, 5.41) is 15.2. The Labute approximate surface area is 119 Å². The quantitative estimate of drug-likeness (QED) is 0.671. The fraction of sp³-hybridized carbons (Fsp3) is 0.636. The molecule has 20 heavy (non-hydrogen) atoms. The van der Waals surface area contributed by atoms with Gasteiger partial charge in [-0.2, -0.15) is 5.10 Å². The molecule has 1 aromatic rings. The SMILES string of the molecule is CCCn1ncnc1CS(=O)C[C@H](NC(C)=O)C(=O)O. The zero-order valence-corrected chi connectivity index (χ0v) is 12.2. The van der Waals surface area contributed by atoms with Crippen molar-refractivity contribution >= 4 is 22.7 Å². The third kappa shape index (κ3) is 5.08. The van der Waals surface area contributed by atoms with Gasteiger partial charge in [0.25, 0.3) is 0 Å². The van der Waals surface area contributed by atoms with Crippen molar-refractivity contribution in [3.63, 3.8) is 0 Å². The summed E-state index contributed by atoms with van der Waals surface area (Å²) in [6, 6.07) is -1.16. The predicted octanol–water partition coefficient (Wildman–Crippen LogP) is -0.474. The molecule has 1 amide bonds. The van der Waals surface area contributed by atoms with Crippen LogP contribution >= 0.6 is 0 Å². The third-order valence-corrected chi connectivity index (χ3v) is 3.73. The number of carbonyl (C=O) groups is 2. The molecular weight excluding hydrogens is 284 g/mol. The molecule has 0 aromatic carbocycles. The van der Waals surface area contributed by atoms with Gasteiger partial charge in [0.05, 0.1) is 11.5 Å². The van der Waals surface area contributed by atoms with Gasteiger partial charge in [-0.1, -0.05) is 6.92 Å². The van der Waals surface area contributed by atoms with Crippen LogP contribution in [0.25, 0.3) is 0 Å². The van der Waals surface area contributed by atoms with Crippen molar-refractivity contribution in [3.8, 4) is 0 Å². The highest BCUT2D eigenvalue weighted by molar-refractivity contribution is 7.84. The van der Waals surface area contributed by atoms with Gasteiger partial charge in [-0.15, -0.1) is 0 Å². The largest absolute Gasteiger partial charge is 0.480 e. The molecule has 9 heteroatoms. The minimum Gasteiger partial charge on any atom is -0.480 e. The van der Waals surface area contributed by atoms with Crippen LogP contribution < -0.4 is 5.32 Å². The topological polar surface area (TPSA) is 114 Å². The van der Waals surface area contributed by atoms with E-state index < -0.39 is 28.7 Å². The molecule has 0 aliphatic heterocycles. The molecule has 112 valence electrons. The van der Waals surface area contributed by atoms with Gasteiger partial charge in [-0.3, -0.25) is 9.00 Å². The second-order valence-electron chi connectivity index (χ2n) is 4.24. The summed E-state index contributed by atoms with van der Waals surface area (Å²) in [7, 11) is -1.45. The zero-order valence-electron chi connectivity index (χ0n) is 11.4. The Morgan fingerprint density at radius 1 is 1.55 bits per heavy atom. The van der Waals surface area contributed by atoms with Gasteiger partial charge in [0.15, 0.2) is 0 Å². The van der Waals surface area contributed by atoms with Gasteiger partial charge >= 0.3 is 5.97 Å². The Morgan fingerprint density at radius 2 is 2.25 bits per heavy atom. The van der Waals surface area contributed by atoms with Crippen molar-refractivity contribution in [1.29, 1.82) is 0 Å². The number of aryl methyl sites for hydroxylation is 1. The maximum atomic E-state index is 12.0. The van der Waals surface area contributed by atoms with Gasteiger partial charge in [0, 0.05) is 24.3 Å². The second-order valence-corrected chi connectivity index (χ2v) is 5.74. The number of aliphatic carboxylic acids is 1. The Balaban J connectivity index is 2.63. The number of carboxylic acids is 1. The number of aromatic nitrogens is 3. The van der Waals surface area contributed by atoms with E-state index >= 15 is 0 Å². The maximum absolute atomic E-state index is 12.0. The van der Waals surface area contributed by atoms with Crippen molar-refractivity contribution in [1.82, 2.24) is 20.1 Å². The fourth-order valence-electron chi connectivity index (χ4n) is 1.61. The van der Waals surface area contributed by atoms with Crippen LogP contribution in [0.4, 0.5) is 0 Å². The van der Waals surface area contributed by atoms with Crippen molar-refractivity contribution in [3.05, 3.63) is 12.2 Å². The highest BCUT2D eigenvalue weighted by Crippen LogP contribution is 2.02. The van der Waals surface area contributed by atoms with Gasteiger partial charge in [0.2, 0.25) is 5.91 Å². The number of nitrogens with zero attached hydrogens (tertiary/aromatic N) is 3. The molecule has 1 aromatic heterocycles. The van der Waals surface area contributed by atoms with E-state index in [9.17, 15) is 13.8 Å². The molecule has 1 heterocycles. The summed E-state index contributed by atoms with van der Waals surface area (Å²) >= 11 is 0. The minimum absolute atomic E-state index is 0.114. The third-order valence-electron chi connectivity index (χ3n) is 2.45. The highest BCUT2D eigenvalue weighted by atomic mass is 32.2. The van der Waals surface area contributed by atoms with E-state index in [1.54, 1.807) is 4.68 Å². The van der Waals surface area contributed by atoms with E-state index in [1.165, 1.54) is 13.3 Å². The number of hydrogen-bond acceptors (Lipinski definition) is 5. The monoisotopic (exact) mass is 302 g/mol. The van der Waals surface area contributed by atoms with E-state index in [1.807, 2.05) is 6.92 Å². The fourth-order valence-corrected chi connectivity index (χ4v) is 2.83. The molecular formula is C11H18N4O4S. The first-order valence-corrected chi connectivity index (χ1v) is 7.64. The first-order chi connectivity index (χ1) is 9.43. The van der Waals surface area contributed by atoms with E-state index in [0.29, 0.717) is 12.4 Å². The lowest BCUT2D eigenvalue weighted by Gasteiger charge is -2.12. The van der Waals surface area contributed by atoms with Crippen LogP contribution in [0.1, 0.15) is 26.1 Å². The normalized spacial score (nSPS) is 13.7. The Hall–Kier alpha value is -1.77. The number of carboxylic acid groups (broad SMARTS) is 1. The van der Waals surface area contributed by atoms with Crippen LogP contribution in [-0.2, 0) is 32.7 Å². The van der Waals surface area contributed by atoms with Crippen LogP contribution in [0, 0.1) is 0 Å². The lowest BCUT2D eigenvalue weighted by atomic mass is 10.3. The lowest BCUT2D eigenvalue weighted by molar-refractivity contribution is -0.140. The number of amides is 1. The molecule has 1 rings (SSSR count). The smallest absolute Gasteiger partial charge is 0.327 e. The Kier molecular flexibility index (Phi) is 6.29. The molecule has 0 aliphatic carbocycles. The van der Waals surface area contributed by atoms with E-state index in [4.69, 9.17) is 5.11 Å². The van der Waals surface area contributed by atoms with Crippen LogP contribution in [0.2, 0.25) is 0 Å². The number of carbonyl (C=O) groups excluding carboxylic acids is 1. The number of rotatable bonds is 8. The summed E-state index contributed by atoms with van der Waals surface area (Å²) in [4.78, 5) is 25.9. The number of nitrogens with one attached hydrogen (secondary N) is 1. The Bertz CT molecular complexity index is 502. The average molecular weight is 302 g/mol. The first kappa shape index (κ1) is 16.3. The van der Waals surface area contributed by atoms with E-state index in [-0.39, 0.29) is 11.5 Å². The second kappa shape index (κ2) is 7.73. The summed E-state index contributed by atoms with van der Waals surface area (Å²) in [6.07, 6.45) is 2.25. The van der Waals surface area contributed by atoms with E-state index in [0.717, 1.165) is 6.42 Å². The van der Waals surface area contributed by atoms with E-state index in [2.05, 4.69) is 15.4 Å². The summed E-state index contributed by atoms with van der Waals surface area (Å²) in [6.45, 7) is 3.87. The van der Waals surface area contributed by atoms with Crippen molar-refractivity contribution < 1.29 is 18.9 Å². The molecule has 8 nitrogen and oxygen atoms in total. The van der Waals surface area contributed by atoms with Crippen LogP contribution in [0.15, 0.2) is 6.33 Å². The Morgan fingerprint density at radius 3 is 2.80 bits per heavy atom. The van der Waals surface area contributed by atoms with Gasteiger partial charge in [0.1, 0.15) is 18.2 Å². The molecule has 0 aliphatic rings. The molecule has 2 N–H and O–H groups in total. The van der Waals surface area contributed by atoms with Crippen molar-refractivity contribution in [2.24, 2.45) is 0 Å². The average Bonchev–Trinajstić information content (AvgIpc) is 2.75. The van der Waals surface area contributed by atoms with Crippen LogP contribution in [0.5, 0.6) is 0 Å². The molecule has 0 radical (unpaired) electrons. The maximum Gasteiger partial charge on any atom is 0.327 e. The first-order valence-electron chi connectivity index (χ1n) is 6.15. The molecule has 1 unspecified atom stereocenters. The predicted molar refractivity (Wildman–Crippen MR) is 72.3 cm³/mol. The zero-order chi connectivity index (χ0) is 15.1. The molecule has 0 fully saturated rings. The van der Waals surface area contributed by atoms with Gasteiger partial charge < -0.3 is 10.4 Å². The number of hydrogen-bond donors (Lipinski definition) is 2. The summed E-state index contributed by atoms with van der Waals surface area (Å²) < 4.78 is 13.6.